The number of nitrogens with two attached hydrogens (primary N) is 1. The number of ether oxygens (including phenoxy) is 5. The van der Waals surface area contributed by atoms with Crippen LogP contribution in [-0.4, -0.2) is 57.6 Å². The summed E-state index contributed by atoms with van der Waals surface area (Å²) in [4.78, 5) is 16.1. The van der Waals surface area contributed by atoms with Crippen LogP contribution in [-0.2, 0) is 23.7 Å². The van der Waals surface area contributed by atoms with Gasteiger partial charge in [-0.3, -0.25) is 0 Å². The molecular formula is C21H27N5O6. The van der Waals surface area contributed by atoms with E-state index in [2.05, 4.69) is 16.2 Å². The van der Waals surface area contributed by atoms with Gasteiger partial charge in [0.1, 0.15) is 42.8 Å². The van der Waals surface area contributed by atoms with Gasteiger partial charge in [-0.25, -0.2) is 14.3 Å². The Hall–Kier alpha value is -2.94. The van der Waals surface area contributed by atoms with Crippen LogP contribution in [0.4, 0.5) is 10.6 Å². The Morgan fingerprint density at radius 2 is 2.09 bits per heavy atom. The second-order valence-electron chi connectivity index (χ2n) is 8.83. The van der Waals surface area contributed by atoms with E-state index in [1.165, 1.54) is 6.33 Å². The highest BCUT2D eigenvalue weighted by molar-refractivity contribution is 5.65. The summed E-state index contributed by atoms with van der Waals surface area (Å²) >= 11 is 0. The Bertz CT molecular complexity index is 1050. The molecule has 4 rings (SSSR count). The second kappa shape index (κ2) is 8.20. The zero-order chi connectivity index (χ0) is 23.1. The van der Waals surface area contributed by atoms with Crippen LogP contribution in [0.5, 0.6) is 0 Å². The van der Waals surface area contributed by atoms with Crippen molar-refractivity contribution in [2.45, 2.75) is 63.8 Å². The molecule has 2 aromatic heterocycles. The molecule has 2 aliphatic rings. The van der Waals surface area contributed by atoms with Crippen LogP contribution >= 0.6 is 0 Å². The van der Waals surface area contributed by atoms with Crippen molar-refractivity contribution in [1.82, 2.24) is 14.6 Å². The third-order valence-corrected chi connectivity index (χ3v) is 5.54. The van der Waals surface area contributed by atoms with Crippen molar-refractivity contribution < 1.29 is 28.5 Å². The molecule has 2 N–H and O–H groups in total. The molecule has 172 valence electrons. The predicted molar refractivity (Wildman–Crippen MR) is 110 cm³/mol. The van der Waals surface area contributed by atoms with Gasteiger partial charge in [0.25, 0.3) is 0 Å². The zero-order valence-corrected chi connectivity index (χ0v) is 18.5. The van der Waals surface area contributed by atoms with E-state index in [0.717, 1.165) is 0 Å². The first kappa shape index (κ1) is 22.3. The highest BCUT2D eigenvalue weighted by Crippen LogP contribution is 2.50. The Morgan fingerprint density at radius 1 is 1.31 bits per heavy atom. The number of carbonyl (C=O) groups excluding carboxylic acids is 1. The van der Waals surface area contributed by atoms with Crippen molar-refractivity contribution in [1.29, 1.82) is 5.26 Å². The minimum atomic E-state index is -1.59. The standard InChI is InChI=1S/C21H27N5O6/c1-12(2)7-8-28-19(27)29-10-21(9-22)17-16(30-20(3,4)32-17)15(31-21)13-5-6-14-18(23)24-11-25-26(13)14/h5-6,11-12,15-17H,7-8,10H2,1-4H3,(H2,23,24,25)/t15-,16-,17-,21+/m0/s1. The lowest BCUT2D eigenvalue weighted by atomic mass is 9.96. The number of fused-ring (bicyclic) bond motifs is 2. The number of hydrogen-bond acceptors (Lipinski definition) is 10. The first-order valence-corrected chi connectivity index (χ1v) is 10.5. The lowest BCUT2D eigenvalue weighted by Crippen LogP contribution is -2.46. The maximum atomic E-state index is 12.1. The average molecular weight is 445 g/mol. The maximum Gasteiger partial charge on any atom is 0.508 e. The fourth-order valence-corrected chi connectivity index (χ4v) is 3.97. The van der Waals surface area contributed by atoms with Crippen molar-refractivity contribution in [2.24, 2.45) is 5.92 Å². The quantitative estimate of drug-likeness (QED) is 0.658. The van der Waals surface area contributed by atoms with Crippen LogP contribution in [0.25, 0.3) is 5.52 Å². The number of nitriles is 1. The molecule has 0 aromatic carbocycles. The smallest absolute Gasteiger partial charge is 0.434 e. The second-order valence-corrected chi connectivity index (χ2v) is 8.83. The van der Waals surface area contributed by atoms with Crippen LogP contribution in [0.2, 0.25) is 0 Å². The van der Waals surface area contributed by atoms with Crippen molar-refractivity contribution in [3.05, 3.63) is 24.2 Å². The van der Waals surface area contributed by atoms with Crippen LogP contribution < -0.4 is 5.73 Å². The van der Waals surface area contributed by atoms with E-state index in [1.807, 2.05) is 13.8 Å². The first-order chi connectivity index (χ1) is 15.2. The van der Waals surface area contributed by atoms with E-state index in [1.54, 1.807) is 30.5 Å². The summed E-state index contributed by atoms with van der Waals surface area (Å²) in [7, 11) is 0. The number of nitrogen functional groups attached to an aromatic ring is 1. The van der Waals surface area contributed by atoms with Gasteiger partial charge < -0.3 is 29.4 Å². The predicted octanol–water partition coefficient (Wildman–Crippen LogP) is 2.36. The first-order valence-electron chi connectivity index (χ1n) is 10.5. The van der Waals surface area contributed by atoms with E-state index in [9.17, 15) is 10.1 Å². The van der Waals surface area contributed by atoms with Crippen molar-refractivity contribution >= 4 is 17.5 Å². The average Bonchev–Trinajstić information content (AvgIpc) is 3.37. The number of rotatable bonds is 6. The minimum absolute atomic E-state index is 0.232. The molecule has 2 aromatic rings. The van der Waals surface area contributed by atoms with Gasteiger partial charge in [-0.15, -0.1) is 0 Å². The third-order valence-electron chi connectivity index (χ3n) is 5.54. The van der Waals surface area contributed by atoms with Gasteiger partial charge in [0.15, 0.2) is 11.6 Å². The summed E-state index contributed by atoms with van der Waals surface area (Å²) in [6, 6.07) is 5.69. The summed E-state index contributed by atoms with van der Waals surface area (Å²) in [6.07, 6.45) is -0.990. The van der Waals surface area contributed by atoms with Gasteiger partial charge in [-0.05, 0) is 38.3 Å². The summed E-state index contributed by atoms with van der Waals surface area (Å²) in [6.45, 7) is 7.41. The van der Waals surface area contributed by atoms with Crippen LogP contribution in [0, 0.1) is 17.2 Å². The summed E-state index contributed by atoms with van der Waals surface area (Å²) in [5.41, 5.74) is 5.56. The molecule has 4 heterocycles. The highest BCUT2D eigenvalue weighted by atomic mass is 16.8. The van der Waals surface area contributed by atoms with Gasteiger partial charge in [-0.1, -0.05) is 13.8 Å². The van der Waals surface area contributed by atoms with Crippen LogP contribution in [0.15, 0.2) is 18.5 Å². The molecule has 0 spiro atoms. The summed E-state index contributed by atoms with van der Waals surface area (Å²) < 4.78 is 30.2. The van der Waals surface area contributed by atoms with Crippen LogP contribution in [0.1, 0.15) is 45.9 Å². The lowest BCUT2D eigenvalue weighted by Gasteiger charge is -2.28. The van der Waals surface area contributed by atoms with Gasteiger partial charge in [0.05, 0.1) is 12.3 Å². The van der Waals surface area contributed by atoms with Crippen molar-refractivity contribution in [3.8, 4) is 6.07 Å². The summed E-state index contributed by atoms with van der Waals surface area (Å²) in [5.74, 6) is -0.268. The third kappa shape index (κ3) is 3.97. The monoisotopic (exact) mass is 445 g/mol. The number of aromatic nitrogens is 3. The summed E-state index contributed by atoms with van der Waals surface area (Å²) in [5, 5.41) is 14.3. The zero-order valence-electron chi connectivity index (χ0n) is 18.5. The molecule has 0 amide bonds. The molecule has 11 heteroatoms. The van der Waals surface area contributed by atoms with Gasteiger partial charge >= 0.3 is 6.16 Å². The Balaban J connectivity index is 1.59. The highest BCUT2D eigenvalue weighted by Gasteiger charge is 2.65. The van der Waals surface area contributed by atoms with Crippen molar-refractivity contribution in [2.75, 3.05) is 18.9 Å². The number of carbonyl (C=O) groups is 1. The minimum Gasteiger partial charge on any atom is -0.434 e. The molecule has 2 fully saturated rings. The van der Waals surface area contributed by atoms with E-state index in [4.69, 9.17) is 29.4 Å². The van der Waals surface area contributed by atoms with Crippen molar-refractivity contribution in [3.63, 3.8) is 0 Å². The van der Waals surface area contributed by atoms with E-state index in [0.29, 0.717) is 29.4 Å². The Labute approximate surface area is 185 Å². The SMILES string of the molecule is CC(C)CCOC(=O)OC[C@@]1(C#N)O[C@@H](c2ccc3c(N)ncnn23)[C@@H]2OC(C)(C)O[C@@H]21. The van der Waals surface area contributed by atoms with E-state index >= 15 is 0 Å². The van der Waals surface area contributed by atoms with E-state index < -0.39 is 35.9 Å². The molecule has 0 aliphatic carbocycles. The Kier molecular flexibility index (Phi) is 5.70. The molecule has 11 nitrogen and oxygen atoms in total. The molecule has 0 unspecified atom stereocenters. The molecule has 2 saturated heterocycles. The Morgan fingerprint density at radius 3 is 2.81 bits per heavy atom. The van der Waals surface area contributed by atoms with Gasteiger partial charge in [0, 0.05) is 0 Å². The fourth-order valence-electron chi connectivity index (χ4n) is 3.97. The molecule has 0 saturated carbocycles. The maximum absolute atomic E-state index is 12.1. The largest absolute Gasteiger partial charge is 0.508 e. The number of anilines is 1. The molecule has 0 radical (unpaired) electrons. The molecule has 0 bridgehead atoms. The topological polar surface area (TPSA) is 143 Å². The van der Waals surface area contributed by atoms with E-state index in [-0.39, 0.29) is 13.2 Å². The molecule has 32 heavy (non-hydrogen) atoms. The number of hydrogen-bond donors (Lipinski definition) is 1. The molecule has 4 atom stereocenters. The van der Waals surface area contributed by atoms with Gasteiger partial charge in [-0.2, -0.15) is 10.4 Å². The number of nitrogens with zero attached hydrogens (tertiary/aromatic N) is 4. The fraction of sp³-hybridized carbons (Fsp3) is 0.619. The van der Waals surface area contributed by atoms with Gasteiger partial charge in [0.2, 0.25) is 5.60 Å². The lowest BCUT2D eigenvalue weighted by molar-refractivity contribution is -0.205. The van der Waals surface area contributed by atoms with Crippen LogP contribution in [0.3, 0.4) is 0 Å². The normalized spacial score (nSPS) is 28.6. The molecule has 2 aliphatic heterocycles. The molecular weight excluding hydrogens is 418 g/mol.